The van der Waals surface area contributed by atoms with Crippen LogP contribution in [0.2, 0.25) is 0 Å². The summed E-state index contributed by atoms with van der Waals surface area (Å²) in [5, 5.41) is 9.77. The fourth-order valence-electron chi connectivity index (χ4n) is 4.95. The highest BCUT2D eigenvalue weighted by molar-refractivity contribution is 5.85. The van der Waals surface area contributed by atoms with Crippen LogP contribution in [0.3, 0.4) is 0 Å². The van der Waals surface area contributed by atoms with Crippen molar-refractivity contribution in [3.63, 3.8) is 0 Å². The molecule has 0 aliphatic carbocycles. The zero-order chi connectivity index (χ0) is 25.1. The lowest BCUT2D eigenvalue weighted by molar-refractivity contribution is -0.131. The SMILES string of the molecule is Cc1c(F)c(F)cc(N2CCN(CCCCCC(=O)N3Cc4ccc(C(C)O)cc4C3)CC2)c1F.Cl. The predicted octanol–water partition coefficient (Wildman–Crippen LogP) is 5.11. The van der Waals surface area contributed by atoms with E-state index in [1.165, 1.54) is 6.92 Å². The van der Waals surface area contributed by atoms with Crippen LogP contribution in [0.5, 0.6) is 0 Å². The lowest BCUT2D eigenvalue weighted by Crippen LogP contribution is -2.47. The average molecular weight is 526 g/mol. The number of benzene rings is 2. The Morgan fingerprint density at radius 2 is 1.67 bits per heavy atom. The van der Waals surface area contributed by atoms with Crippen LogP contribution in [0, 0.1) is 24.4 Å². The predicted molar refractivity (Wildman–Crippen MR) is 137 cm³/mol. The van der Waals surface area contributed by atoms with E-state index in [2.05, 4.69) is 4.90 Å². The fourth-order valence-corrected chi connectivity index (χ4v) is 4.95. The van der Waals surface area contributed by atoms with Gasteiger partial charge in [-0.2, -0.15) is 0 Å². The summed E-state index contributed by atoms with van der Waals surface area (Å²) >= 11 is 0. The Hall–Kier alpha value is -2.29. The molecule has 1 N–H and O–H groups in total. The third kappa shape index (κ3) is 6.33. The third-order valence-corrected chi connectivity index (χ3v) is 7.22. The summed E-state index contributed by atoms with van der Waals surface area (Å²) in [6.07, 6.45) is 2.79. The number of aliphatic hydroxyl groups excluding tert-OH is 1. The molecule has 2 aliphatic rings. The van der Waals surface area contributed by atoms with Gasteiger partial charge in [-0.3, -0.25) is 9.69 Å². The van der Waals surface area contributed by atoms with Crippen LogP contribution in [0.4, 0.5) is 18.9 Å². The van der Waals surface area contributed by atoms with Gasteiger partial charge in [0.05, 0.1) is 11.8 Å². The van der Waals surface area contributed by atoms with Crippen LogP contribution >= 0.6 is 12.4 Å². The Morgan fingerprint density at radius 1 is 0.972 bits per heavy atom. The zero-order valence-electron chi connectivity index (χ0n) is 20.9. The topological polar surface area (TPSA) is 47.0 Å². The van der Waals surface area contributed by atoms with Gasteiger partial charge in [0.2, 0.25) is 5.91 Å². The molecular weight excluding hydrogens is 491 g/mol. The normalized spacial score (nSPS) is 16.6. The number of unbranched alkanes of at least 4 members (excludes halogenated alkanes) is 2. The number of amides is 1. The Morgan fingerprint density at radius 3 is 2.36 bits per heavy atom. The monoisotopic (exact) mass is 525 g/mol. The van der Waals surface area contributed by atoms with E-state index in [-0.39, 0.29) is 29.6 Å². The van der Waals surface area contributed by atoms with Crippen LogP contribution in [-0.4, -0.2) is 53.5 Å². The van der Waals surface area contributed by atoms with Crippen molar-refractivity contribution < 1.29 is 23.1 Å². The minimum atomic E-state index is -1.12. The van der Waals surface area contributed by atoms with E-state index in [0.29, 0.717) is 32.6 Å². The first-order chi connectivity index (χ1) is 16.7. The van der Waals surface area contributed by atoms with E-state index in [1.54, 1.807) is 11.8 Å². The highest BCUT2D eigenvalue weighted by Crippen LogP contribution is 2.28. The number of hydrogen-bond donors (Lipinski definition) is 1. The van der Waals surface area contributed by atoms with E-state index in [1.807, 2.05) is 23.1 Å². The molecule has 2 aliphatic heterocycles. The molecule has 2 aromatic rings. The van der Waals surface area contributed by atoms with Gasteiger partial charge in [0, 0.05) is 57.3 Å². The molecule has 198 valence electrons. The Balaban J connectivity index is 0.00000361. The van der Waals surface area contributed by atoms with Crippen molar-refractivity contribution in [3.05, 3.63) is 64.0 Å². The summed E-state index contributed by atoms with van der Waals surface area (Å²) < 4.78 is 41.7. The van der Waals surface area contributed by atoms with Crippen LogP contribution in [0.15, 0.2) is 24.3 Å². The highest BCUT2D eigenvalue weighted by atomic mass is 35.5. The average Bonchev–Trinajstić information content (AvgIpc) is 3.29. The molecular formula is C27H35ClF3N3O2. The molecule has 36 heavy (non-hydrogen) atoms. The molecule has 0 aromatic heterocycles. The van der Waals surface area contributed by atoms with Crippen molar-refractivity contribution in [1.29, 1.82) is 0 Å². The Bertz CT molecular complexity index is 1070. The first-order valence-corrected chi connectivity index (χ1v) is 12.4. The van der Waals surface area contributed by atoms with Gasteiger partial charge in [-0.15, -0.1) is 12.4 Å². The van der Waals surface area contributed by atoms with Gasteiger partial charge in [0.1, 0.15) is 0 Å². The van der Waals surface area contributed by atoms with E-state index in [9.17, 15) is 23.1 Å². The largest absolute Gasteiger partial charge is 0.389 e. The molecule has 0 saturated carbocycles. The van der Waals surface area contributed by atoms with Gasteiger partial charge in [-0.1, -0.05) is 24.6 Å². The Kier molecular flexibility index (Phi) is 9.66. The van der Waals surface area contributed by atoms with E-state index in [0.717, 1.165) is 61.7 Å². The van der Waals surface area contributed by atoms with Gasteiger partial charge in [-0.25, -0.2) is 13.2 Å². The van der Waals surface area contributed by atoms with Crippen LogP contribution in [-0.2, 0) is 17.9 Å². The molecule has 0 bridgehead atoms. The number of carbonyl (C=O) groups excluding carboxylic acids is 1. The van der Waals surface area contributed by atoms with E-state index < -0.39 is 23.6 Å². The lowest BCUT2D eigenvalue weighted by atomic mass is 10.0. The van der Waals surface area contributed by atoms with Crippen molar-refractivity contribution in [3.8, 4) is 0 Å². The fraction of sp³-hybridized carbons (Fsp3) is 0.519. The van der Waals surface area contributed by atoms with E-state index in [4.69, 9.17) is 0 Å². The maximum atomic E-state index is 14.4. The molecule has 2 heterocycles. The van der Waals surface area contributed by atoms with Crippen LogP contribution < -0.4 is 4.90 Å². The second-order valence-electron chi connectivity index (χ2n) is 9.72. The maximum absolute atomic E-state index is 14.4. The molecule has 2 aromatic carbocycles. The van der Waals surface area contributed by atoms with Crippen molar-refractivity contribution >= 4 is 24.0 Å². The molecule has 1 saturated heterocycles. The minimum Gasteiger partial charge on any atom is -0.389 e. The molecule has 0 spiro atoms. The maximum Gasteiger partial charge on any atom is 0.223 e. The molecule has 1 atom stereocenters. The summed E-state index contributed by atoms with van der Waals surface area (Å²) in [5.41, 5.74) is 3.00. The number of rotatable bonds is 8. The number of nitrogens with zero attached hydrogens (tertiary/aromatic N) is 3. The van der Waals surface area contributed by atoms with Gasteiger partial charge in [0.25, 0.3) is 0 Å². The number of hydrogen-bond acceptors (Lipinski definition) is 4. The summed E-state index contributed by atoms with van der Waals surface area (Å²) in [4.78, 5) is 18.6. The smallest absolute Gasteiger partial charge is 0.223 e. The van der Waals surface area contributed by atoms with Gasteiger partial charge in [0.15, 0.2) is 17.5 Å². The number of aliphatic hydroxyl groups is 1. The number of anilines is 1. The van der Waals surface area contributed by atoms with Gasteiger partial charge < -0.3 is 14.9 Å². The first kappa shape index (κ1) is 28.3. The summed E-state index contributed by atoms with van der Waals surface area (Å²) in [6, 6.07) is 6.88. The highest BCUT2D eigenvalue weighted by Gasteiger charge is 2.25. The third-order valence-electron chi connectivity index (χ3n) is 7.22. The standard InChI is InChI=1S/C27H34F3N3O2.ClH/c1-18-26(29)23(28)15-24(27(18)30)32-12-10-31(11-13-32)9-5-3-4-6-25(35)33-16-21-8-7-20(19(2)34)14-22(21)17-33;/h7-8,14-15,19,34H,3-6,9-13,16-17H2,1-2H3;1H. The quantitative estimate of drug-likeness (QED) is 0.384. The molecule has 4 rings (SSSR count). The molecule has 1 unspecified atom stereocenters. The first-order valence-electron chi connectivity index (χ1n) is 12.4. The molecule has 5 nitrogen and oxygen atoms in total. The Labute approximate surface area is 217 Å². The van der Waals surface area contributed by atoms with E-state index >= 15 is 0 Å². The molecule has 0 radical (unpaired) electrons. The van der Waals surface area contributed by atoms with Gasteiger partial charge >= 0.3 is 0 Å². The number of halogens is 4. The van der Waals surface area contributed by atoms with Gasteiger partial charge in [-0.05, 0) is 49.9 Å². The zero-order valence-corrected chi connectivity index (χ0v) is 21.7. The summed E-state index contributed by atoms with van der Waals surface area (Å²) in [6.45, 7) is 7.74. The second-order valence-corrected chi connectivity index (χ2v) is 9.72. The van der Waals surface area contributed by atoms with Crippen molar-refractivity contribution in [2.45, 2.75) is 58.7 Å². The molecule has 9 heteroatoms. The summed E-state index contributed by atoms with van der Waals surface area (Å²) in [7, 11) is 0. The van der Waals surface area contributed by atoms with Crippen LogP contribution in [0.1, 0.15) is 61.0 Å². The minimum absolute atomic E-state index is 0. The summed E-state index contributed by atoms with van der Waals surface area (Å²) in [5.74, 6) is -2.66. The number of carbonyl (C=O) groups is 1. The second kappa shape index (κ2) is 12.3. The number of fused-ring (bicyclic) bond motifs is 1. The van der Waals surface area contributed by atoms with Crippen molar-refractivity contribution in [1.82, 2.24) is 9.80 Å². The lowest BCUT2D eigenvalue weighted by Gasteiger charge is -2.36. The van der Waals surface area contributed by atoms with Crippen molar-refractivity contribution in [2.24, 2.45) is 0 Å². The number of piperazine rings is 1. The van der Waals surface area contributed by atoms with Crippen molar-refractivity contribution in [2.75, 3.05) is 37.6 Å². The molecule has 1 amide bonds. The molecule has 1 fully saturated rings. The van der Waals surface area contributed by atoms with Crippen LogP contribution in [0.25, 0.3) is 0 Å².